The summed E-state index contributed by atoms with van der Waals surface area (Å²) >= 11 is 5.28. The number of rotatable bonds is 1. The fraction of sp³-hybridized carbons (Fsp3) is 0.333. The molecule has 0 fully saturated rings. The molecule has 0 saturated heterocycles. The van der Waals surface area contributed by atoms with Crippen LogP contribution in [0.3, 0.4) is 0 Å². The third-order valence-electron chi connectivity index (χ3n) is 1.97. The second-order valence-electron chi connectivity index (χ2n) is 3.24. The van der Waals surface area contributed by atoms with E-state index < -0.39 is 29.2 Å². The highest BCUT2D eigenvalue weighted by atomic mass is 35.5. The number of nitrogens with two attached hydrogens (primary N) is 1. The van der Waals surface area contributed by atoms with E-state index in [1.165, 1.54) is 0 Å². The summed E-state index contributed by atoms with van der Waals surface area (Å²) in [5.74, 6) is -0.356. The van der Waals surface area contributed by atoms with Gasteiger partial charge in [0.1, 0.15) is 0 Å². The van der Waals surface area contributed by atoms with Crippen LogP contribution in [0.1, 0.15) is 16.7 Å². The summed E-state index contributed by atoms with van der Waals surface area (Å²) in [6.07, 6.45) is -10.3. The smallest absolute Gasteiger partial charge is 0.398 e. The van der Waals surface area contributed by atoms with Crippen molar-refractivity contribution in [3.8, 4) is 0 Å². The van der Waals surface area contributed by atoms with Crippen molar-refractivity contribution in [3.63, 3.8) is 0 Å². The molecule has 8 heteroatoms. The highest BCUT2D eigenvalue weighted by Gasteiger charge is 2.44. The van der Waals surface area contributed by atoms with Crippen LogP contribution >= 0.6 is 11.6 Å². The monoisotopic (exact) mass is 277 g/mol. The van der Waals surface area contributed by atoms with E-state index in [9.17, 15) is 26.3 Å². The van der Waals surface area contributed by atoms with Crippen LogP contribution in [0.5, 0.6) is 0 Å². The standard InChI is InChI=1S/C9H6ClF6N/c10-3-4-1-5(8(11,12)13)7(6(17)2-4)9(14,15)16/h1-2H,3,17H2. The van der Waals surface area contributed by atoms with E-state index in [4.69, 9.17) is 17.3 Å². The number of alkyl halides is 7. The lowest BCUT2D eigenvalue weighted by Crippen LogP contribution is -2.19. The Bertz CT molecular complexity index is 423. The molecule has 0 aliphatic carbocycles. The molecule has 0 radical (unpaired) electrons. The van der Waals surface area contributed by atoms with Gasteiger partial charge in [-0.1, -0.05) is 0 Å². The number of halogens is 7. The molecule has 0 aliphatic rings. The molecule has 1 aromatic carbocycles. The molecule has 96 valence electrons. The number of benzene rings is 1. The van der Waals surface area contributed by atoms with Crippen molar-refractivity contribution in [2.45, 2.75) is 18.2 Å². The molecule has 17 heavy (non-hydrogen) atoms. The maximum Gasteiger partial charge on any atom is 0.418 e. The highest BCUT2D eigenvalue weighted by molar-refractivity contribution is 6.17. The second kappa shape index (κ2) is 4.29. The summed E-state index contributed by atoms with van der Waals surface area (Å²) in [6.45, 7) is 0. The predicted molar refractivity (Wildman–Crippen MR) is 50.4 cm³/mol. The van der Waals surface area contributed by atoms with Gasteiger partial charge in [-0.25, -0.2) is 0 Å². The van der Waals surface area contributed by atoms with Gasteiger partial charge in [0.05, 0.1) is 11.1 Å². The van der Waals surface area contributed by atoms with Gasteiger partial charge in [-0.2, -0.15) is 26.3 Å². The first-order chi connectivity index (χ1) is 7.57. The Hall–Kier alpha value is -1.11. The average molecular weight is 278 g/mol. The summed E-state index contributed by atoms with van der Waals surface area (Å²) in [6, 6.07) is 1.14. The fourth-order valence-electron chi connectivity index (χ4n) is 1.34. The van der Waals surface area contributed by atoms with Crippen LogP contribution in [0.15, 0.2) is 12.1 Å². The van der Waals surface area contributed by atoms with Crippen molar-refractivity contribution in [2.24, 2.45) is 0 Å². The van der Waals surface area contributed by atoms with Crippen molar-refractivity contribution in [3.05, 3.63) is 28.8 Å². The minimum absolute atomic E-state index is 0.121. The summed E-state index contributed by atoms with van der Waals surface area (Å²) in [5.41, 5.74) is 0.203. The molecule has 0 unspecified atom stereocenters. The summed E-state index contributed by atoms with van der Waals surface area (Å²) in [4.78, 5) is 0. The van der Waals surface area contributed by atoms with E-state index in [0.717, 1.165) is 6.07 Å². The van der Waals surface area contributed by atoms with Crippen molar-refractivity contribution in [1.29, 1.82) is 0 Å². The van der Waals surface area contributed by atoms with Crippen LogP contribution in [-0.2, 0) is 18.2 Å². The zero-order valence-electron chi connectivity index (χ0n) is 8.08. The lowest BCUT2D eigenvalue weighted by atomic mass is 10.0. The maximum absolute atomic E-state index is 12.5. The van der Waals surface area contributed by atoms with Gasteiger partial charge in [0.15, 0.2) is 0 Å². The molecule has 0 atom stereocenters. The molecule has 0 spiro atoms. The molecule has 0 amide bonds. The lowest BCUT2D eigenvalue weighted by Gasteiger charge is -2.18. The number of anilines is 1. The first kappa shape index (κ1) is 14.0. The van der Waals surface area contributed by atoms with Crippen molar-refractivity contribution >= 4 is 17.3 Å². The molecule has 0 heterocycles. The molecule has 0 aliphatic heterocycles. The lowest BCUT2D eigenvalue weighted by molar-refractivity contribution is -0.161. The Morgan fingerprint density at radius 2 is 1.53 bits per heavy atom. The Morgan fingerprint density at radius 1 is 1.00 bits per heavy atom. The van der Waals surface area contributed by atoms with Crippen LogP contribution in [0.2, 0.25) is 0 Å². The number of nitrogen functional groups attached to an aromatic ring is 1. The van der Waals surface area contributed by atoms with Crippen molar-refractivity contribution in [2.75, 3.05) is 5.73 Å². The van der Waals surface area contributed by atoms with Crippen LogP contribution < -0.4 is 5.73 Å². The molecular weight excluding hydrogens is 272 g/mol. The van der Waals surface area contributed by atoms with Crippen LogP contribution in [-0.4, -0.2) is 0 Å². The van der Waals surface area contributed by atoms with Gasteiger partial charge in [0.2, 0.25) is 0 Å². The van der Waals surface area contributed by atoms with Gasteiger partial charge in [-0.15, -0.1) is 11.6 Å². The third-order valence-corrected chi connectivity index (χ3v) is 2.28. The van der Waals surface area contributed by atoms with Crippen molar-refractivity contribution < 1.29 is 26.3 Å². The molecular formula is C9H6ClF6N. The first-order valence-corrected chi connectivity index (χ1v) is 4.73. The summed E-state index contributed by atoms with van der Waals surface area (Å²) in [5, 5.41) is 0. The first-order valence-electron chi connectivity index (χ1n) is 4.20. The third kappa shape index (κ3) is 2.96. The summed E-state index contributed by atoms with van der Waals surface area (Å²) < 4.78 is 74.8. The topological polar surface area (TPSA) is 26.0 Å². The normalized spacial score (nSPS) is 12.9. The van der Waals surface area contributed by atoms with E-state index >= 15 is 0 Å². The molecule has 2 N–H and O–H groups in total. The van der Waals surface area contributed by atoms with E-state index in [1.807, 2.05) is 0 Å². The Labute approximate surface area is 97.2 Å². The number of hydrogen-bond acceptors (Lipinski definition) is 1. The maximum atomic E-state index is 12.5. The summed E-state index contributed by atoms with van der Waals surface area (Å²) in [7, 11) is 0. The zero-order valence-corrected chi connectivity index (χ0v) is 8.84. The van der Waals surface area contributed by atoms with Crippen LogP contribution in [0, 0.1) is 0 Å². The Balaban J connectivity index is 3.58. The average Bonchev–Trinajstić information content (AvgIpc) is 2.12. The minimum Gasteiger partial charge on any atom is -0.398 e. The quantitative estimate of drug-likeness (QED) is 0.468. The Morgan fingerprint density at radius 3 is 1.88 bits per heavy atom. The predicted octanol–water partition coefficient (Wildman–Crippen LogP) is 4.05. The highest BCUT2D eigenvalue weighted by Crippen LogP contribution is 2.43. The van der Waals surface area contributed by atoms with E-state index in [2.05, 4.69) is 0 Å². The Kier molecular flexibility index (Phi) is 3.52. The van der Waals surface area contributed by atoms with Gasteiger partial charge in [0.25, 0.3) is 0 Å². The zero-order chi connectivity index (χ0) is 13.4. The van der Waals surface area contributed by atoms with Gasteiger partial charge < -0.3 is 5.73 Å². The fourth-order valence-corrected chi connectivity index (χ4v) is 1.50. The van der Waals surface area contributed by atoms with Gasteiger partial charge in [-0.3, -0.25) is 0 Å². The molecule has 1 rings (SSSR count). The molecule has 0 saturated carbocycles. The van der Waals surface area contributed by atoms with Crippen LogP contribution in [0.4, 0.5) is 32.0 Å². The van der Waals surface area contributed by atoms with E-state index in [0.29, 0.717) is 6.07 Å². The van der Waals surface area contributed by atoms with Crippen molar-refractivity contribution in [1.82, 2.24) is 0 Å². The largest absolute Gasteiger partial charge is 0.418 e. The molecule has 1 nitrogen and oxygen atoms in total. The van der Waals surface area contributed by atoms with E-state index in [-0.39, 0.29) is 11.4 Å². The number of hydrogen-bond donors (Lipinski definition) is 1. The minimum atomic E-state index is -5.17. The van der Waals surface area contributed by atoms with Gasteiger partial charge in [-0.05, 0) is 17.7 Å². The second-order valence-corrected chi connectivity index (χ2v) is 3.50. The molecule has 1 aromatic rings. The van der Waals surface area contributed by atoms with Crippen LogP contribution in [0.25, 0.3) is 0 Å². The molecule has 0 aromatic heterocycles. The van der Waals surface area contributed by atoms with Gasteiger partial charge >= 0.3 is 12.4 Å². The molecule has 0 bridgehead atoms. The van der Waals surface area contributed by atoms with Gasteiger partial charge in [0, 0.05) is 11.6 Å². The SMILES string of the molecule is Nc1cc(CCl)cc(C(F)(F)F)c1C(F)(F)F. The van der Waals surface area contributed by atoms with E-state index in [1.54, 1.807) is 0 Å².